The summed E-state index contributed by atoms with van der Waals surface area (Å²) in [5.74, 6) is -0.301. The summed E-state index contributed by atoms with van der Waals surface area (Å²) in [6.07, 6.45) is 1.43. The van der Waals surface area contributed by atoms with Gasteiger partial charge in [0.1, 0.15) is 11.2 Å². The van der Waals surface area contributed by atoms with Crippen molar-refractivity contribution in [2.24, 2.45) is 10.9 Å². The van der Waals surface area contributed by atoms with Crippen molar-refractivity contribution in [3.63, 3.8) is 0 Å². The number of hydrogen-bond donors (Lipinski definition) is 2. The number of benzene rings is 1. The Morgan fingerprint density at radius 3 is 2.82 bits per heavy atom. The number of nitrogens with two attached hydrogens (primary N) is 1. The number of ether oxygens (including phenoxy) is 1. The van der Waals surface area contributed by atoms with Gasteiger partial charge in [0.05, 0.1) is 6.61 Å². The topological polar surface area (TPSA) is 89.8 Å². The first-order valence-corrected chi connectivity index (χ1v) is 7.79. The second-order valence-corrected chi connectivity index (χ2v) is 6.22. The van der Waals surface area contributed by atoms with Gasteiger partial charge >= 0.3 is 5.97 Å². The van der Waals surface area contributed by atoms with E-state index in [1.54, 1.807) is 13.0 Å². The van der Waals surface area contributed by atoms with E-state index < -0.39 is 11.5 Å². The number of aromatic nitrogens is 1. The Hall–Kier alpha value is -2.02. The maximum atomic E-state index is 12.3. The van der Waals surface area contributed by atoms with Crippen molar-refractivity contribution in [2.75, 3.05) is 6.61 Å². The van der Waals surface area contributed by atoms with Gasteiger partial charge in [-0.25, -0.2) is 4.79 Å². The summed E-state index contributed by atoms with van der Waals surface area (Å²) < 4.78 is 7.90. The van der Waals surface area contributed by atoms with E-state index >= 15 is 0 Å². The van der Waals surface area contributed by atoms with E-state index in [1.807, 2.05) is 22.8 Å². The molecule has 1 aromatic heterocycles. The largest absolute Gasteiger partial charge is 0.461 e. The normalized spacial score (nSPS) is 16.7. The monoisotopic (exact) mass is 365 g/mol. The van der Waals surface area contributed by atoms with Crippen LogP contribution < -0.4 is 5.73 Å². The Kier molecular flexibility index (Phi) is 3.60. The molecule has 0 spiro atoms. The molecule has 7 heteroatoms. The number of nitrogens with zero attached hydrogens (tertiary/aromatic N) is 2. The molecule has 0 saturated heterocycles. The van der Waals surface area contributed by atoms with Gasteiger partial charge in [0.15, 0.2) is 5.84 Å². The van der Waals surface area contributed by atoms with E-state index in [0.717, 1.165) is 28.2 Å². The number of oxime groups is 1. The van der Waals surface area contributed by atoms with Gasteiger partial charge in [0.25, 0.3) is 0 Å². The quantitative estimate of drug-likeness (QED) is 0.286. The molecule has 0 amide bonds. The minimum Gasteiger partial charge on any atom is -0.461 e. The van der Waals surface area contributed by atoms with E-state index in [-0.39, 0.29) is 5.84 Å². The predicted molar refractivity (Wildman–Crippen MR) is 86.2 cm³/mol. The Morgan fingerprint density at radius 1 is 1.50 bits per heavy atom. The van der Waals surface area contributed by atoms with Gasteiger partial charge in [-0.15, -0.1) is 0 Å². The fourth-order valence-electron chi connectivity index (χ4n) is 2.81. The first kappa shape index (κ1) is 14.9. The number of carbonyl (C=O) groups is 1. The lowest BCUT2D eigenvalue weighted by Gasteiger charge is -2.20. The van der Waals surface area contributed by atoms with Crippen molar-refractivity contribution >= 4 is 38.6 Å². The summed E-state index contributed by atoms with van der Waals surface area (Å²) in [6, 6.07) is 7.52. The number of hydrogen-bond acceptors (Lipinski definition) is 4. The molecule has 2 aromatic rings. The Balaban J connectivity index is 2.26. The number of carbonyl (C=O) groups excluding carboxylic acids is 1. The van der Waals surface area contributed by atoms with Gasteiger partial charge in [-0.05, 0) is 44.0 Å². The predicted octanol–water partition coefficient (Wildman–Crippen LogP) is 2.82. The van der Waals surface area contributed by atoms with Crippen molar-refractivity contribution in [3.8, 4) is 0 Å². The highest BCUT2D eigenvalue weighted by Gasteiger charge is 2.51. The van der Waals surface area contributed by atoms with Crippen molar-refractivity contribution in [1.82, 2.24) is 4.57 Å². The van der Waals surface area contributed by atoms with Crippen LogP contribution in [-0.4, -0.2) is 28.2 Å². The highest BCUT2D eigenvalue weighted by molar-refractivity contribution is 9.10. The molecule has 0 aliphatic heterocycles. The maximum absolute atomic E-state index is 12.3. The van der Waals surface area contributed by atoms with E-state index in [4.69, 9.17) is 15.7 Å². The molecule has 0 radical (unpaired) electrons. The standard InChI is InChI=1S/C15H16BrN3O3/c1-2-22-13(20)12-8-9-7-10(16)3-4-11(9)19(12)15(5-6-15)14(17)18-21/h3-4,7-8,21H,2,5-6H2,1H3,(H2,17,18). The summed E-state index contributed by atoms with van der Waals surface area (Å²) in [4.78, 5) is 12.3. The van der Waals surface area contributed by atoms with Crippen molar-refractivity contribution in [3.05, 3.63) is 34.4 Å². The van der Waals surface area contributed by atoms with Crippen molar-refractivity contribution in [2.45, 2.75) is 25.3 Å². The second kappa shape index (κ2) is 5.31. The smallest absolute Gasteiger partial charge is 0.355 e. The molecule has 1 aromatic carbocycles. The molecule has 3 N–H and O–H groups in total. The SMILES string of the molecule is CCOC(=O)c1cc2cc(Br)ccc2n1C1(C(N)=NO)CC1. The number of amidine groups is 1. The molecule has 3 rings (SSSR count). The summed E-state index contributed by atoms with van der Waals surface area (Å²) in [6.45, 7) is 2.05. The Labute approximate surface area is 135 Å². The molecule has 1 aliphatic rings. The zero-order chi connectivity index (χ0) is 15.9. The molecule has 0 atom stereocenters. The van der Waals surface area contributed by atoms with Crippen LogP contribution in [0.2, 0.25) is 0 Å². The third-order valence-electron chi connectivity index (χ3n) is 3.98. The van der Waals surface area contributed by atoms with E-state index in [1.165, 1.54) is 0 Å². The van der Waals surface area contributed by atoms with Crippen LogP contribution in [0.25, 0.3) is 10.9 Å². The molecule has 1 saturated carbocycles. The number of fused-ring (bicyclic) bond motifs is 1. The van der Waals surface area contributed by atoms with Crippen LogP contribution in [0.15, 0.2) is 33.9 Å². The van der Waals surface area contributed by atoms with E-state index in [9.17, 15) is 4.79 Å². The first-order chi connectivity index (χ1) is 10.5. The van der Waals surface area contributed by atoms with Crippen molar-refractivity contribution in [1.29, 1.82) is 0 Å². The number of esters is 1. The maximum Gasteiger partial charge on any atom is 0.355 e. The highest BCUT2D eigenvalue weighted by atomic mass is 79.9. The average molecular weight is 366 g/mol. The van der Waals surface area contributed by atoms with Gasteiger partial charge in [-0.1, -0.05) is 21.1 Å². The van der Waals surface area contributed by atoms with E-state index in [0.29, 0.717) is 12.3 Å². The molecule has 6 nitrogen and oxygen atoms in total. The molecule has 1 fully saturated rings. The molecule has 0 unspecified atom stereocenters. The van der Waals surface area contributed by atoms with Crippen molar-refractivity contribution < 1.29 is 14.7 Å². The summed E-state index contributed by atoms with van der Waals surface area (Å²) in [7, 11) is 0. The third-order valence-corrected chi connectivity index (χ3v) is 4.48. The molecule has 1 aliphatic carbocycles. The van der Waals surface area contributed by atoms with Crippen LogP contribution >= 0.6 is 15.9 Å². The summed E-state index contributed by atoms with van der Waals surface area (Å²) >= 11 is 3.43. The van der Waals surface area contributed by atoms with Crippen LogP contribution in [0.3, 0.4) is 0 Å². The number of halogens is 1. The number of rotatable bonds is 4. The minimum absolute atomic E-state index is 0.110. The van der Waals surface area contributed by atoms with Crippen LogP contribution in [0.5, 0.6) is 0 Å². The first-order valence-electron chi connectivity index (χ1n) is 7.00. The molecule has 22 heavy (non-hydrogen) atoms. The van der Waals surface area contributed by atoms with Gasteiger partial charge in [0.2, 0.25) is 0 Å². The zero-order valence-electron chi connectivity index (χ0n) is 12.0. The van der Waals surface area contributed by atoms with Gasteiger partial charge < -0.3 is 20.2 Å². The van der Waals surface area contributed by atoms with Gasteiger partial charge in [-0.2, -0.15) is 0 Å². The summed E-state index contributed by atoms with van der Waals surface area (Å²) in [5.41, 5.74) is 6.51. The fraction of sp³-hybridized carbons (Fsp3) is 0.333. The molecule has 0 bridgehead atoms. The fourth-order valence-corrected chi connectivity index (χ4v) is 3.19. The lowest BCUT2D eigenvalue weighted by Crippen LogP contribution is -2.36. The van der Waals surface area contributed by atoms with E-state index in [2.05, 4.69) is 21.1 Å². The summed E-state index contributed by atoms with van der Waals surface area (Å²) in [5, 5.41) is 13.1. The lowest BCUT2D eigenvalue weighted by molar-refractivity contribution is 0.0512. The second-order valence-electron chi connectivity index (χ2n) is 5.31. The van der Waals surface area contributed by atoms with Crippen LogP contribution in [0.1, 0.15) is 30.3 Å². The average Bonchev–Trinajstić information content (AvgIpc) is 3.21. The Bertz CT molecular complexity index is 778. The molecule has 1 heterocycles. The van der Waals surface area contributed by atoms with Gasteiger partial charge in [0, 0.05) is 15.4 Å². The molecular weight excluding hydrogens is 350 g/mol. The lowest BCUT2D eigenvalue weighted by atomic mass is 10.2. The highest BCUT2D eigenvalue weighted by Crippen LogP contribution is 2.47. The van der Waals surface area contributed by atoms with Crippen LogP contribution in [0.4, 0.5) is 0 Å². The molecular formula is C15H16BrN3O3. The van der Waals surface area contributed by atoms with Crippen LogP contribution in [-0.2, 0) is 10.3 Å². The third kappa shape index (κ3) is 2.16. The Morgan fingerprint density at radius 2 is 2.23 bits per heavy atom. The molecule has 116 valence electrons. The minimum atomic E-state index is -0.646. The van der Waals surface area contributed by atoms with Crippen LogP contribution in [0, 0.1) is 0 Å². The van der Waals surface area contributed by atoms with Gasteiger partial charge in [-0.3, -0.25) is 0 Å². The zero-order valence-corrected chi connectivity index (χ0v) is 13.6.